The van der Waals surface area contributed by atoms with Crippen LogP contribution in [0.25, 0.3) is 0 Å². The maximum absolute atomic E-state index is 13.8. The van der Waals surface area contributed by atoms with Gasteiger partial charge in [0.25, 0.3) is 10.0 Å². The van der Waals surface area contributed by atoms with Crippen molar-refractivity contribution in [3.05, 3.63) is 75.2 Å². The minimum Gasteiger partial charge on any atom is -0.495 e. The van der Waals surface area contributed by atoms with Crippen LogP contribution in [0.3, 0.4) is 0 Å². The van der Waals surface area contributed by atoms with Gasteiger partial charge in [-0.2, -0.15) is 11.8 Å². The fourth-order valence-electron chi connectivity index (χ4n) is 3.56. The first-order valence-corrected chi connectivity index (χ1v) is 15.2. The molecule has 1 N–H and O–H groups in total. The number of methoxy groups -OCH3 is 3. The summed E-state index contributed by atoms with van der Waals surface area (Å²) in [5.74, 6) is 1.40. The van der Waals surface area contributed by atoms with Gasteiger partial charge in [0.15, 0.2) is 11.5 Å². The van der Waals surface area contributed by atoms with E-state index in [9.17, 15) is 13.2 Å². The van der Waals surface area contributed by atoms with Gasteiger partial charge in [-0.3, -0.25) is 9.10 Å². The lowest BCUT2D eigenvalue weighted by Gasteiger charge is -2.26. The van der Waals surface area contributed by atoms with Crippen molar-refractivity contribution in [3.63, 3.8) is 0 Å². The Morgan fingerprint density at radius 1 is 0.897 bits per heavy atom. The van der Waals surface area contributed by atoms with E-state index in [2.05, 4.69) is 5.32 Å². The van der Waals surface area contributed by atoms with Crippen LogP contribution in [0, 0.1) is 0 Å². The summed E-state index contributed by atoms with van der Waals surface area (Å²) in [5, 5.41) is 4.19. The first-order valence-electron chi connectivity index (χ1n) is 11.5. The molecule has 8 nitrogen and oxygen atoms in total. The second-order valence-electron chi connectivity index (χ2n) is 7.95. The number of halogens is 3. The molecule has 0 heterocycles. The van der Waals surface area contributed by atoms with Gasteiger partial charge in [-0.15, -0.1) is 0 Å². The van der Waals surface area contributed by atoms with Crippen LogP contribution in [-0.2, 0) is 20.6 Å². The molecule has 0 fully saturated rings. The van der Waals surface area contributed by atoms with E-state index in [0.717, 1.165) is 9.87 Å². The van der Waals surface area contributed by atoms with Crippen LogP contribution in [0.1, 0.15) is 5.56 Å². The average molecular weight is 634 g/mol. The van der Waals surface area contributed by atoms with Gasteiger partial charge in [-0.05, 0) is 48.0 Å². The van der Waals surface area contributed by atoms with Gasteiger partial charge >= 0.3 is 0 Å². The van der Waals surface area contributed by atoms with Crippen molar-refractivity contribution in [2.24, 2.45) is 0 Å². The zero-order chi connectivity index (χ0) is 28.6. The Morgan fingerprint density at radius 2 is 1.54 bits per heavy atom. The lowest BCUT2D eigenvalue weighted by molar-refractivity contribution is -0.119. The number of carbonyl (C=O) groups excluding carboxylic acids is 1. The number of anilines is 1. The van der Waals surface area contributed by atoms with Gasteiger partial charge in [-0.1, -0.05) is 40.9 Å². The predicted molar refractivity (Wildman–Crippen MR) is 158 cm³/mol. The Balaban J connectivity index is 1.80. The highest BCUT2D eigenvalue weighted by Gasteiger charge is 2.30. The van der Waals surface area contributed by atoms with E-state index in [4.69, 9.17) is 49.0 Å². The van der Waals surface area contributed by atoms with Gasteiger partial charge < -0.3 is 19.5 Å². The van der Waals surface area contributed by atoms with Gasteiger partial charge in [0.1, 0.15) is 12.3 Å². The third-order valence-corrected chi connectivity index (χ3v) is 9.20. The number of thioether (sulfide) groups is 1. The molecule has 0 unspecified atom stereocenters. The van der Waals surface area contributed by atoms with Crippen LogP contribution in [-0.4, -0.2) is 54.5 Å². The Morgan fingerprint density at radius 3 is 2.18 bits per heavy atom. The molecule has 1 amide bonds. The molecule has 0 saturated heterocycles. The lowest BCUT2D eigenvalue weighted by Crippen LogP contribution is -2.41. The summed E-state index contributed by atoms with van der Waals surface area (Å²) in [6, 6.07) is 14.0. The molecule has 0 radical (unpaired) electrons. The van der Waals surface area contributed by atoms with Crippen LogP contribution < -0.4 is 23.8 Å². The standard InChI is InChI=1S/C26H27Cl3N2O6S2/c1-35-23-9-7-17(27)13-22(23)31(39(33,34)18-8-10-24(36-2)25(14-18)37-3)15-26(32)30-11-12-38-16-19-20(28)5-4-6-21(19)29/h4-10,13-14H,11-12,15-16H2,1-3H3,(H,30,32). The molecule has 3 rings (SSSR count). The molecule has 0 bridgehead atoms. The SMILES string of the molecule is COc1ccc(S(=O)(=O)N(CC(=O)NCCSCc2c(Cl)cccc2Cl)c2cc(Cl)ccc2OC)cc1OC. The van der Waals surface area contributed by atoms with E-state index in [-0.39, 0.29) is 27.1 Å². The first-order chi connectivity index (χ1) is 18.6. The Kier molecular flexibility index (Phi) is 11.3. The molecule has 0 aromatic heterocycles. The van der Waals surface area contributed by atoms with Gasteiger partial charge in [0.2, 0.25) is 5.91 Å². The monoisotopic (exact) mass is 632 g/mol. The van der Waals surface area contributed by atoms with E-state index >= 15 is 0 Å². The summed E-state index contributed by atoms with van der Waals surface area (Å²) < 4.78 is 44.5. The molecule has 0 aliphatic carbocycles. The zero-order valence-electron chi connectivity index (χ0n) is 21.4. The molecule has 3 aromatic rings. The van der Waals surface area contributed by atoms with Crippen molar-refractivity contribution in [2.45, 2.75) is 10.6 Å². The number of nitrogens with zero attached hydrogens (tertiary/aromatic N) is 1. The Labute approximate surface area is 247 Å². The van der Waals surface area contributed by atoms with Gasteiger partial charge in [-0.25, -0.2) is 8.42 Å². The third-order valence-electron chi connectivity index (χ3n) is 5.52. The third kappa shape index (κ3) is 7.79. The maximum atomic E-state index is 13.8. The molecule has 210 valence electrons. The Bertz CT molecular complexity index is 1400. The van der Waals surface area contributed by atoms with Crippen molar-refractivity contribution < 1.29 is 27.4 Å². The molecule has 3 aromatic carbocycles. The summed E-state index contributed by atoms with van der Waals surface area (Å²) in [5.41, 5.74) is 0.926. The number of sulfonamides is 1. The summed E-state index contributed by atoms with van der Waals surface area (Å²) >= 11 is 20.1. The Hall–Kier alpha value is -2.50. The number of benzene rings is 3. The maximum Gasteiger partial charge on any atom is 0.265 e. The van der Waals surface area contributed by atoms with Crippen LogP contribution in [0.5, 0.6) is 17.2 Å². The molecule has 0 saturated carbocycles. The molecule has 0 spiro atoms. The molecular formula is C26H27Cl3N2O6S2. The molecular weight excluding hydrogens is 607 g/mol. The van der Waals surface area contributed by atoms with E-state index in [1.807, 2.05) is 0 Å². The molecule has 0 aliphatic heterocycles. The number of carbonyl (C=O) groups is 1. The minimum absolute atomic E-state index is 0.109. The number of hydrogen-bond donors (Lipinski definition) is 1. The second kappa shape index (κ2) is 14.2. The topological polar surface area (TPSA) is 94.2 Å². The molecule has 0 atom stereocenters. The number of nitrogens with one attached hydrogen (secondary N) is 1. The smallest absolute Gasteiger partial charge is 0.265 e. The summed E-state index contributed by atoms with van der Waals surface area (Å²) in [6.45, 7) is -0.225. The average Bonchev–Trinajstić information content (AvgIpc) is 2.92. The van der Waals surface area contributed by atoms with Crippen molar-refractivity contribution in [2.75, 3.05) is 44.5 Å². The summed E-state index contributed by atoms with van der Waals surface area (Å²) in [6.07, 6.45) is 0. The fraction of sp³-hybridized carbons (Fsp3) is 0.269. The van der Waals surface area contributed by atoms with Crippen LogP contribution in [0.15, 0.2) is 59.5 Å². The van der Waals surface area contributed by atoms with Crippen molar-refractivity contribution in [1.29, 1.82) is 0 Å². The zero-order valence-corrected chi connectivity index (χ0v) is 25.3. The highest BCUT2D eigenvalue weighted by Crippen LogP contribution is 2.37. The number of ether oxygens (including phenoxy) is 3. The summed E-state index contributed by atoms with van der Waals surface area (Å²) in [4.78, 5) is 12.9. The first kappa shape index (κ1) is 31.0. The number of hydrogen-bond acceptors (Lipinski definition) is 7. The summed E-state index contributed by atoms with van der Waals surface area (Å²) in [7, 11) is -0.0286. The number of amides is 1. The molecule has 0 aliphatic rings. The van der Waals surface area contributed by atoms with E-state index < -0.39 is 22.5 Å². The predicted octanol–water partition coefficient (Wildman–Crippen LogP) is 5.92. The highest BCUT2D eigenvalue weighted by atomic mass is 35.5. The second-order valence-corrected chi connectivity index (χ2v) is 12.2. The lowest BCUT2D eigenvalue weighted by atomic mass is 10.2. The van der Waals surface area contributed by atoms with Gasteiger partial charge in [0.05, 0.1) is 31.9 Å². The van der Waals surface area contributed by atoms with Crippen LogP contribution in [0.2, 0.25) is 15.1 Å². The minimum atomic E-state index is -4.27. The highest BCUT2D eigenvalue weighted by molar-refractivity contribution is 7.98. The van der Waals surface area contributed by atoms with Gasteiger partial charge in [0, 0.05) is 39.2 Å². The van der Waals surface area contributed by atoms with Crippen LogP contribution >= 0.6 is 46.6 Å². The largest absolute Gasteiger partial charge is 0.495 e. The molecule has 39 heavy (non-hydrogen) atoms. The van der Waals surface area contributed by atoms with Crippen molar-refractivity contribution in [1.82, 2.24) is 5.32 Å². The quantitative estimate of drug-likeness (QED) is 0.234. The van der Waals surface area contributed by atoms with Crippen molar-refractivity contribution in [3.8, 4) is 17.2 Å². The van der Waals surface area contributed by atoms with Crippen LogP contribution in [0.4, 0.5) is 5.69 Å². The van der Waals surface area contributed by atoms with Crippen molar-refractivity contribution >= 4 is 68.2 Å². The fourth-order valence-corrected chi connectivity index (χ4v) is 6.76. The van der Waals surface area contributed by atoms with E-state index in [1.165, 1.54) is 63.4 Å². The number of rotatable bonds is 13. The van der Waals surface area contributed by atoms with E-state index in [0.29, 0.717) is 33.8 Å². The normalized spacial score (nSPS) is 11.1. The van der Waals surface area contributed by atoms with E-state index in [1.54, 1.807) is 24.3 Å². The molecule has 13 heteroatoms.